The predicted octanol–water partition coefficient (Wildman–Crippen LogP) is 5.49. The molecule has 3 rings (SSSR count). The second kappa shape index (κ2) is 12.8. The van der Waals surface area contributed by atoms with Crippen LogP contribution in [0.4, 0.5) is 4.79 Å². The van der Waals surface area contributed by atoms with Gasteiger partial charge in [-0.3, -0.25) is 9.69 Å². The zero-order valence-electron chi connectivity index (χ0n) is 23.2. The number of rotatable bonds is 9. The van der Waals surface area contributed by atoms with Crippen LogP contribution >= 0.6 is 0 Å². The van der Waals surface area contributed by atoms with Gasteiger partial charge in [0.2, 0.25) is 5.91 Å². The van der Waals surface area contributed by atoms with Crippen LogP contribution in [0.3, 0.4) is 0 Å². The van der Waals surface area contributed by atoms with Crippen molar-refractivity contribution in [3.8, 4) is 5.75 Å². The quantitative estimate of drug-likeness (QED) is 0.466. The van der Waals surface area contributed by atoms with Crippen LogP contribution in [-0.2, 0) is 22.5 Å². The number of carboxylic acids is 1. The van der Waals surface area contributed by atoms with E-state index in [0.717, 1.165) is 36.0 Å². The average molecular weight is 525 g/mol. The summed E-state index contributed by atoms with van der Waals surface area (Å²) in [5, 5.41) is 9.36. The van der Waals surface area contributed by atoms with Crippen molar-refractivity contribution >= 4 is 18.0 Å². The monoisotopic (exact) mass is 524 g/mol. The molecule has 1 atom stereocenters. The Bertz CT molecular complexity index is 1140. The van der Waals surface area contributed by atoms with E-state index in [2.05, 4.69) is 6.92 Å². The smallest absolute Gasteiger partial charge is 0.411 e. The normalized spacial score (nSPS) is 15.6. The maximum Gasteiger partial charge on any atom is 0.411 e. The van der Waals surface area contributed by atoms with E-state index in [1.54, 1.807) is 43.9 Å². The van der Waals surface area contributed by atoms with Gasteiger partial charge in [0.1, 0.15) is 17.9 Å². The molecule has 1 N–H and O–H groups in total. The first kappa shape index (κ1) is 29.0. The minimum atomic E-state index is -0.970. The Hall–Kier alpha value is -3.55. The third-order valence-electron chi connectivity index (χ3n) is 6.56. The SMILES string of the molecule is CCOc1cc(CC)ccc1CN(CC(=O)N1CCCC(c2cccc(C(=O)O)c2)C1)C(=O)OC(C)(C)C. The van der Waals surface area contributed by atoms with Gasteiger partial charge in [-0.05, 0) is 76.3 Å². The highest BCUT2D eigenvalue weighted by molar-refractivity contribution is 5.87. The van der Waals surface area contributed by atoms with Gasteiger partial charge in [-0.1, -0.05) is 31.2 Å². The molecule has 206 valence electrons. The van der Waals surface area contributed by atoms with Gasteiger partial charge in [-0.15, -0.1) is 0 Å². The summed E-state index contributed by atoms with van der Waals surface area (Å²) in [4.78, 5) is 41.3. The summed E-state index contributed by atoms with van der Waals surface area (Å²) in [6.45, 7) is 11.0. The van der Waals surface area contributed by atoms with Crippen LogP contribution in [0.1, 0.15) is 80.4 Å². The number of amides is 2. The number of carboxylic acid groups (broad SMARTS) is 1. The minimum absolute atomic E-state index is 0.0353. The van der Waals surface area contributed by atoms with Gasteiger partial charge >= 0.3 is 12.1 Å². The molecular weight excluding hydrogens is 484 g/mol. The second-order valence-electron chi connectivity index (χ2n) is 10.7. The fraction of sp³-hybridized carbons (Fsp3) is 0.500. The highest BCUT2D eigenvalue weighted by Crippen LogP contribution is 2.28. The topological polar surface area (TPSA) is 96.4 Å². The van der Waals surface area contributed by atoms with Crippen LogP contribution in [0.25, 0.3) is 0 Å². The lowest BCUT2D eigenvalue weighted by Gasteiger charge is -2.35. The van der Waals surface area contributed by atoms with Crippen LogP contribution in [0.2, 0.25) is 0 Å². The van der Waals surface area contributed by atoms with Crippen molar-refractivity contribution in [1.82, 2.24) is 9.80 Å². The lowest BCUT2D eigenvalue weighted by Crippen LogP contribution is -2.47. The Morgan fingerprint density at radius 2 is 1.87 bits per heavy atom. The van der Waals surface area contributed by atoms with E-state index in [9.17, 15) is 19.5 Å². The largest absolute Gasteiger partial charge is 0.494 e. The fourth-order valence-electron chi connectivity index (χ4n) is 4.62. The van der Waals surface area contributed by atoms with Crippen molar-refractivity contribution in [3.63, 3.8) is 0 Å². The molecule has 38 heavy (non-hydrogen) atoms. The molecule has 1 aliphatic rings. The molecule has 0 spiro atoms. The van der Waals surface area contributed by atoms with Crippen LogP contribution in [0, 0.1) is 0 Å². The molecule has 0 aliphatic carbocycles. The van der Waals surface area contributed by atoms with Crippen LogP contribution in [-0.4, -0.2) is 64.7 Å². The van der Waals surface area contributed by atoms with Gasteiger partial charge in [-0.2, -0.15) is 0 Å². The average Bonchev–Trinajstić information content (AvgIpc) is 2.88. The number of likely N-dealkylation sites (tertiary alicyclic amines) is 1. The highest BCUT2D eigenvalue weighted by atomic mass is 16.6. The van der Waals surface area contributed by atoms with Gasteiger partial charge in [0.15, 0.2) is 0 Å². The molecule has 0 saturated carbocycles. The molecule has 2 aromatic rings. The molecule has 1 unspecified atom stereocenters. The van der Waals surface area contributed by atoms with Gasteiger partial charge < -0.3 is 19.5 Å². The van der Waals surface area contributed by atoms with E-state index in [4.69, 9.17) is 9.47 Å². The molecule has 8 heteroatoms. The van der Waals surface area contributed by atoms with Crippen molar-refractivity contribution < 1.29 is 29.0 Å². The van der Waals surface area contributed by atoms with E-state index in [1.807, 2.05) is 31.2 Å². The van der Waals surface area contributed by atoms with E-state index < -0.39 is 17.7 Å². The van der Waals surface area contributed by atoms with E-state index >= 15 is 0 Å². The van der Waals surface area contributed by atoms with Gasteiger partial charge in [0.25, 0.3) is 0 Å². The molecule has 1 aliphatic heterocycles. The van der Waals surface area contributed by atoms with E-state index in [-0.39, 0.29) is 30.5 Å². The molecule has 1 saturated heterocycles. The Morgan fingerprint density at radius 3 is 2.53 bits per heavy atom. The molecule has 0 bridgehead atoms. The lowest BCUT2D eigenvalue weighted by molar-refractivity contribution is -0.133. The number of aryl methyl sites for hydroxylation is 1. The predicted molar refractivity (Wildman–Crippen MR) is 146 cm³/mol. The standard InChI is InChI=1S/C30H40N2O6/c1-6-21-13-14-25(26(16-21)37-7-2)19-32(29(36)38-30(3,4)5)20-27(33)31-15-9-12-24(18-31)22-10-8-11-23(17-22)28(34)35/h8,10-11,13-14,16-17,24H,6-7,9,12,15,18-20H2,1-5H3,(H,34,35). The number of ether oxygens (including phenoxy) is 2. The minimum Gasteiger partial charge on any atom is -0.494 e. The second-order valence-corrected chi connectivity index (χ2v) is 10.7. The number of hydrogen-bond acceptors (Lipinski definition) is 5. The Kier molecular flexibility index (Phi) is 9.78. The zero-order valence-corrected chi connectivity index (χ0v) is 23.2. The Labute approximate surface area is 225 Å². The molecular formula is C30H40N2O6. The first-order valence-electron chi connectivity index (χ1n) is 13.3. The maximum atomic E-state index is 13.5. The number of nitrogens with zero attached hydrogens (tertiary/aromatic N) is 2. The number of piperidine rings is 1. The molecule has 1 fully saturated rings. The van der Waals surface area contributed by atoms with Crippen molar-refractivity contribution in [2.24, 2.45) is 0 Å². The Balaban J connectivity index is 1.80. The van der Waals surface area contributed by atoms with Crippen molar-refractivity contribution in [2.45, 2.75) is 71.9 Å². The van der Waals surface area contributed by atoms with Gasteiger partial charge in [-0.25, -0.2) is 9.59 Å². The third kappa shape index (κ3) is 7.97. The van der Waals surface area contributed by atoms with E-state index in [1.165, 1.54) is 4.90 Å². The van der Waals surface area contributed by atoms with Crippen molar-refractivity contribution in [1.29, 1.82) is 0 Å². The number of carbonyl (C=O) groups excluding carboxylic acids is 2. The Morgan fingerprint density at radius 1 is 1.11 bits per heavy atom. The zero-order chi connectivity index (χ0) is 27.9. The molecule has 2 aromatic carbocycles. The third-order valence-corrected chi connectivity index (χ3v) is 6.56. The van der Waals surface area contributed by atoms with Crippen molar-refractivity contribution in [2.75, 3.05) is 26.2 Å². The fourth-order valence-corrected chi connectivity index (χ4v) is 4.62. The number of carbonyl (C=O) groups is 3. The number of benzene rings is 2. The molecule has 0 radical (unpaired) electrons. The number of aromatic carboxylic acids is 1. The van der Waals surface area contributed by atoms with Gasteiger partial charge in [0.05, 0.1) is 18.7 Å². The number of hydrogen-bond donors (Lipinski definition) is 1. The summed E-state index contributed by atoms with van der Waals surface area (Å²) in [7, 11) is 0. The molecule has 0 aromatic heterocycles. The highest BCUT2D eigenvalue weighted by Gasteiger charge is 2.30. The maximum absolute atomic E-state index is 13.5. The van der Waals surface area contributed by atoms with Crippen LogP contribution in [0.15, 0.2) is 42.5 Å². The summed E-state index contributed by atoms with van der Waals surface area (Å²) < 4.78 is 11.5. The van der Waals surface area contributed by atoms with Crippen LogP contribution in [0.5, 0.6) is 5.75 Å². The lowest BCUT2D eigenvalue weighted by atomic mass is 9.89. The summed E-state index contributed by atoms with van der Waals surface area (Å²) >= 11 is 0. The van der Waals surface area contributed by atoms with E-state index in [0.29, 0.717) is 25.4 Å². The van der Waals surface area contributed by atoms with Crippen molar-refractivity contribution in [3.05, 3.63) is 64.7 Å². The first-order chi connectivity index (χ1) is 18.0. The summed E-state index contributed by atoms with van der Waals surface area (Å²) in [5.41, 5.74) is 2.37. The summed E-state index contributed by atoms with van der Waals surface area (Å²) in [5.74, 6) is -0.405. The first-order valence-corrected chi connectivity index (χ1v) is 13.3. The molecule has 1 heterocycles. The summed E-state index contributed by atoms with van der Waals surface area (Å²) in [6.07, 6.45) is 1.97. The molecule has 2 amide bonds. The van der Waals surface area contributed by atoms with Gasteiger partial charge in [0, 0.05) is 24.6 Å². The van der Waals surface area contributed by atoms with Crippen LogP contribution < -0.4 is 4.74 Å². The summed E-state index contributed by atoms with van der Waals surface area (Å²) in [6, 6.07) is 12.8. The molecule has 8 nitrogen and oxygen atoms in total.